The van der Waals surface area contributed by atoms with Gasteiger partial charge in [-0.15, -0.1) is 0 Å². The first kappa shape index (κ1) is 20.4. The van der Waals surface area contributed by atoms with Gasteiger partial charge in [0.25, 0.3) is 5.91 Å². The molecule has 1 N–H and O–H groups in total. The number of piperidine rings is 1. The van der Waals surface area contributed by atoms with E-state index in [-0.39, 0.29) is 20.5 Å². The number of amides is 1. The Labute approximate surface area is 170 Å². The lowest BCUT2D eigenvalue weighted by atomic mass is 10.0. The molecule has 1 saturated heterocycles. The van der Waals surface area contributed by atoms with Gasteiger partial charge in [0.1, 0.15) is 4.90 Å². The Morgan fingerprint density at radius 2 is 1.81 bits per heavy atom. The van der Waals surface area contributed by atoms with Crippen LogP contribution < -0.4 is 5.32 Å². The van der Waals surface area contributed by atoms with Gasteiger partial charge in [-0.1, -0.05) is 41.3 Å². The van der Waals surface area contributed by atoms with E-state index in [0.29, 0.717) is 18.8 Å². The number of sulfonamides is 1. The second kappa shape index (κ2) is 8.35. The number of rotatable bonds is 4. The lowest BCUT2D eigenvalue weighted by molar-refractivity contribution is 0.0967. The molecule has 0 unspecified atom stereocenters. The van der Waals surface area contributed by atoms with Crippen molar-refractivity contribution in [1.82, 2.24) is 9.62 Å². The van der Waals surface area contributed by atoms with Gasteiger partial charge in [-0.2, -0.15) is 4.31 Å². The highest BCUT2D eigenvalue weighted by Crippen LogP contribution is 2.32. The molecule has 27 heavy (non-hydrogen) atoms. The maximum atomic E-state index is 13.0. The van der Waals surface area contributed by atoms with Crippen molar-refractivity contribution in [3.63, 3.8) is 0 Å². The molecule has 1 fully saturated rings. The maximum Gasteiger partial charge on any atom is 0.257 e. The summed E-state index contributed by atoms with van der Waals surface area (Å²) in [5.41, 5.74) is 1.95. The highest BCUT2D eigenvalue weighted by molar-refractivity contribution is 7.89. The average molecular weight is 429 g/mol. The molecule has 1 amide bonds. The van der Waals surface area contributed by atoms with Crippen molar-refractivity contribution < 1.29 is 13.2 Å². The van der Waals surface area contributed by atoms with Gasteiger partial charge in [-0.25, -0.2) is 8.42 Å². The van der Waals surface area contributed by atoms with Gasteiger partial charge in [0.05, 0.1) is 15.6 Å². The molecule has 0 atom stereocenters. The van der Waals surface area contributed by atoms with E-state index in [1.807, 2.05) is 19.1 Å². The van der Waals surface area contributed by atoms with Crippen molar-refractivity contribution in [3.8, 4) is 0 Å². The number of halogens is 2. The molecule has 146 valence electrons. The zero-order chi connectivity index (χ0) is 19.6. The number of nitrogens with zero attached hydrogens (tertiary/aromatic N) is 1. The monoisotopic (exact) mass is 428 g/mol. The molecule has 0 bridgehead atoms. The van der Waals surface area contributed by atoms with E-state index in [0.717, 1.165) is 32.1 Å². The molecule has 3 rings (SSSR count). The fourth-order valence-corrected chi connectivity index (χ4v) is 5.63. The van der Waals surface area contributed by atoms with Crippen molar-refractivity contribution >= 4 is 39.1 Å². The molecule has 0 saturated carbocycles. The second-order valence-corrected chi connectivity index (χ2v) is 9.59. The largest absolute Gasteiger partial charge is 0.322 e. The zero-order valence-corrected chi connectivity index (χ0v) is 17.4. The third-order valence-electron chi connectivity index (χ3n) is 4.76. The smallest absolute Gasteiger partial charge is 0.257 e. The average Bonchev–Trinajstić information content (AvgIpc) is 2.62. The Kier molecular flexibility index (Phi) is 6.31. The molecule has 1 heterocycles. The minimum Gasteiger partial charge on any atom is -0.322 e. The van der Waals surface area contributed by atoms with Crippen molar-refractivity contribution in [2.45, 2.75) is 43.9 Å². The summed E-state index contributed by atoms with van der Waals surface area (Å²) in [5, 5.41) is 2.93. The van der Waals surface area contributed by atoms with Crippen LogP contribution in [0.1, 0.15) is 49.4 Å². The summed E-state index contributed by atoms with van der Waals surface area (Å²) in [5.74, 6) is -0.455. The molecular formula is C19H22Cl2N2O3S. The fourth-order valence-electron chi connectivity index (χ4n) is 3.28. The van der Waals surface area contributed by atoms with Gasteiger partial charge in [0.15, 0.2) is 0 Å². The van der Waals surface area contributed by atoms with Gasteiger partial charge in [0, 0.05) is 18.8 Å². The predicted octanol–water partition coefficient (Wildman–Crippen LogP) is 4.52. The summed E-state index contributed by atoms with van der Waals surface area (Å²) in [6.45, 7) is 2.91. The fraction of sp³-hybridized carbons (Fsp3) is 0.421. The normalized spacial score (nSPS) is 18.6. The predicted molar refractivity (Wildman–Crippen MR) is 108 cm³/mol. The van der Waals surface area contributed by atoms with E-state index in [4.69, 9.17) is 23.2 Å². The van der Waals surface area contributed by atoms with Crippen LogP contribution in [0.5, 0.6) is 0 Å². The number of hydrogen-bond acceptors (Lipinski definition) is 3. The Morgan fingerprint density at radius 1 is 1.11 bits per heavy atom. The highest BCUT2D eigenvalue weighted by atomic mass is 35.5. The maximum absolute atomic E-state index is 13.0. The summed E-state index contributed by atoms with van der Waals surface area (Å²) >= 11 is 12.4. The SMILES string of the molecule is CC1=CC(NC(=O)c2cc(S(=O)(=O)N3CCCCC3)c(Cl)cc2Cl)=CCC1. The Hall–Kier alpha value is -1.34. The molecule has 2 aliphatic rings. The number of benzene rings is 1. The van der Waals surface area contributed by atoms with Crippen LogP contribution in [0.3, 0.4) is 0 Å². The molecule has 0 aromatic heterocycles. The minimum absolute atomic E-state index is 0.0229. The first-order chi connectivity index (χ1) is 12.8. The summed E-state index contributed by atoms with van der Waals surface area (Å²) in [7, 11) is -3.77. The second-order valence-electron chi connectivity index (χ2n) is 6.87. The Morgan fingerprint density at radius 3 is 2.48 bits per heavy atom. The van der Waals surface area contributed by atoms with Gasteiger partial charge in [-0.3, -0.25) is 4.79 Å². The van der Waals surface area contributed by atoms with Crippen LogP contribution in [-0.2, 0) is 10.0 Å². The highest BCUT2D eigenvalue weighted by Gasteiger charge is 2.29. The minimum atomic E-state index is -3.77. The summed E-state index contributed by atoms with van der Waals surface area (Å²) in [4.78, 5) is 12.6. The van der Waals surface area contributed by atoms with Crippen molar-refractivity contribution in [1.29, 1.82) is 0 Å². The quantitative estimate of drug-likeness (QED) is 0.765. The van der Waals surface area contributed by atoms with Crippen LogP contribution in [0.15, 0.2) is 40.5 Å². The molecule has 1 aliphatic carbocycles. The topological polar surface area (TPSA) is 66.5 Å². The molecule has 0 radical (unpaired) electrons. The molecule has 1 aromatic carbocycles. The molecule has 8 heteroatoms. The van der Waals surface area contributed by atoms with E-state index in [9.17, 15) is 13.2 Å². The number of hydrogen-bond donors (Lipinski definition) is 1. The summed E-state index contributed by atoms with van der Waals surface area (Å²) < 4.78 is 27.4. The Balaban J connectivity index is 1.92. The van der Waals surface area contributed by atoms with Crippen LogP contribution in [0.25, 0.3) is 0 Å². The van der Waals surface area contributed by atoms with Gasteiger partial charge >= 0.3 is 0 Å². The molecule has 0 spiro atoms. The Bertz CT molecular complexity index is 917. The van der Waals surface area contributed by atoms with Gasteiger partial charge in [-0.05, 0) is 50.8 Å². The third kappa shape index (κ3) is 4.57. The van der Waals surface area contributed by atoms with E-state index in [2.05, 4.69) is 5.32 Å². The van der Waals surface area contributed by atoms with Crippen molar-refractivity contribution in [3.05, 3.63) is 51.2 Å². The standard InChI is InChI=1S/C19H22Cl2N2O3S/c1-13-6-5-7-14(10-13)22-19(24)15-11-18(17(21)12-16(15)20)27(25,26)23-8-3-2-4-9-23/h7,10-12H,2-6,8-9H2,1H3,(H,22,24). The van der Waals surface area contributed by atoms with Crippen LogP contribution in [0, 0.1) is 0 Å². The number of carbonyl (C=O) groups is 1. The zero-order valence-electron chi connectivity index (χ0n) is 15.1. The van der Waals surface area contributed by atoms with E-state index in [1.165, 1.54) is 22.0 Å². The van der Waals surface area contributed by atoms with Gasteiger partial charge < -0.3 is 5.32 Å². The van der Waals surface area contributed by atoms with Crippen molar-refractivity contribution in [2.24, 2.45) is 0 Å². The number of allylic oxidation sites excluding steroid dienone is 3. The first-order valence-electron chi connectivity index (χ1n) is 8.97. The summed E-state index contributed by atoms with van der Waals surface area (Å²) in [6.07, 6.45) is 8.28. The molecule has 1 aliphatic heterocycles. The van der Waals surface area contributed by atoms with E-state index >= 15 is 0 Å². The van der Waals surface area contributed by atoms with E-state index < -0.39 is 15.9 Å². The van der Waals surface area contributed by atoms with Crippen LogP contribution in [-0.4, -0.2) is 31.7 Å². The number of carbonyl (C=O) groups excluding carboxylic acids is 1. The molecular weight excluding hydrogens is 407 g/mol. The summed E-state index contributed by atoms with van der Waals surface area (Å²) in [6, 6.07) is 2.61. The lowest BCUT2D eigenvalue weighted by Crippen LogP contribution is -2.36. The number of nitrogens with one attached hydrogen (secondary N) is 1. The van der Waals surface area contributed by atoms with Crippen LogP contribution in [0.2, 0.25) is 10.0 Å². The van der Waals surface area contributed by atoms with E-state index in [1.54, 1.807) is 0 Å². The van der Waals surface area contributed by atoms with Crippen LogP contribution >= 0.6 is 23.2 Å². The molecule has 5 nitrogen and oxygen atoms in total. The van der Waals surface area contributed by atoms with Gasteiger partial charge in [0.2, 0.25) is 10.0 Å². The first-order valence-corrected chi connectivity index (χ1v) is 11.2. The third-order valence-corrected chi connectivity index (χ3v) is 7.44. The lowest BCUT2D eigenvalue weighted by Gasteiger charge is -2.26. The van der Waals surface area contributed by atoms with Crippen LogP contribution in [0.4, 0.5) is 0 Å². The molecule has 1 aromatic rings. The van der Waals surface area contributed by atoms with Crippen molar-refractivity contribution in [2.75, 3.05) is 13.1 Å².